The molecule has 0 fully saturated rings. The van der Waals surface area contributed by atoms with Crippen LogP contribution >= 0.6 is 15.9 Å². The molecule has 1 aromatic rings. The van der Waals surface area contributed by atoms with Crippen molar-refractivity contribution in [2.24, 2.45) is 0 Å². The van der Waals surface area contributed by atoms with Crippen LogP contribution in [0.1, 0.15) is 6.92 Å². The van der Waals surface area contributed by atoms with Crippen molar-refractivity contribution in [3.8, 4) is 0 Å². The molecule has 1 aromatic carbocycles. The molecule has 1 rings (SSSR count). The summed E-state index contributed by atoms with van der Waals surface area (Å²) < 4.78 is 1.03. The molecule has 0 aliphatic rings. The van der Waals surface area contributed by atoms with Crippen molar-refractivity contribution < 1.29 is 4.79 Å². The highest BCUT2D eigenvalue weighted by Gasteiger charge is 2.13. The van der Waals surface area contributed by atoms with Crippen molar-refractivity contribution in [1.82, 2.24) is 4.90 Å². The number of hydrogen-bond acceptors (Lipinski definition) is 2. The van der Waals surface area contributed by atoms with Gasteiger partial charge in [-0.1, -0.05) is 15.9 Å². The van der Waals surface area contributed by atoms with Crippen molar-refractivity contribution in [2.45, 2.75) is 13.0 Å². The number of hydrogen-bond donors (Lipinski definition) is 1. The molecule has 0 aliphatic carbocycles. The highest BCUT2D eigenvalue weighted by atomic mass is 79.9. The molecular formula is C11H15BrN2O. The molecule has 0 saturated carbocycles. The maximum absolute atomic E-state index is 11.6. The maximum atomic E-state index is 11.6. The third-order valence-corrected chi connectivity index (χ3v) is 2.57. The van der Waals surface area contributed by atoms with E-state index in [0.717, 1.165) is 10.2 Å². The van der Waals surface area contributed by atoms with Crippen LogP contribution in [0.25, 0.3) is 0 Å². The number of amides is 1. The number of nitrogens with zero attached hydrogens (tertiary/aromatic N) is 1. The van der Waals surface area contributed by atoms with E-state index < -0.39 is 0 Å². The Hall–Kier alpha value is -1.03. The Morgan fingerprint density at radius 1 is 1.33 bits per heavy atom. The van der Waals surface area contributed by atoms with Crippen molar-refractivity contribution in [3.05, 3.63) is 28.7 Å². The van der Waals surface area contributed by atoms with Crippen LogP contribution in [0.5, 0.6) is 0 Å². The van der Waals surface area contributed by atoms with Gasteiger partial charge < -0.3 is 10.2 Å². The van der Waals surface area contributed by atoms with Gasteiger partial charge in [0.05, 0.1) is 0 Å². The summed E-state index contributed by atoms with van der Waals surface area (Å²) in [5, 5.41) is 3.14. The van der Waals surface area contributed by atoms with E-state index in [-0.39, 0.29) is 11.9 Å². The molecule has 0 radical (unpaired) electrons. The second-order valence-electron chi connectivity index (χ2n) is 3.61. The zero-order valence-electron chi connectivity index (χ0n) is 9.12. The Kier molecular flexibility index (Phi) is 4.15. The first kappa shape index (κ1) is 12.0. The van der Waals surface area contributed by atoms with E-state index in [0.29, 0.717) is 0 Å². The largest absolute Gasteiger partial charge is 0.374 e. The van der Waals surface area contributed by atoms with E-state index >= 15 is 0 Å². The summed E-state index contributed by atoms with van der Waals surface area (Å²) in [5.74, 6) is 0.0675. The summed E-state index contributed by atoms with van der Waals surface area (Å²) in [6, 6.07) is 7.54. The van der Waals surface area contributed by atoms with Gasteiger partial charge in [-0.25, -0.2) is 0 Å². The summed E-state index contributed by atoms with van der Waals surface area (Å²) >= 11 is 3.36. The van der Waals surface area contributed by atoms with E-state index in [2.05, 4.69) is 21.2 Å². The normalized spacial score (nSPS) is 12.0. The fourth-order valence-electron chi connectivity index (χ4n) is 1.25. The molecule has 82 valence electrons. The fraction of sp³-hybridized carbons (Fsp3) is 0.364. The van der Waals surface area contributed by atoms with E-state index in [1.807, 2.05) is 31.2 Å². The SMILES string of the molecule is CC(Nc1ccc(Br)cc1)C(=O)N(C)C. The molecule has 1 amide bonds. The van der Waals surface area contributed by atoms with Gasteiger partial charge in [-0.15, -0.1) is 0 Å². The molecule has 0 saturated heterocycles. The van der Waals surface area contributed by atoms with Gasteiger partial charge in [-0.05, 0) is 31.2 Å². The molecule has 3 nitrogen and oxygen atoms in total. The van der Waals surface area contributed by atoms with Gasteiger partial charge in [0, 0.05) is 24.3 Å². The van der Waals surface area contributed by atoms with Crippen LogP contribution < -0.4 is 5.32 Å². The molecule has 1 N–H and O–H groups in total. The van der Waals surface area contributed by atoms with Crippen LogP contribution in [0, 0.1) is 0 Å². The van der Waals surface area contributed by atoms with E-state index in [1.54, 1.807) is 19.0 Å². The van der Waals surface area contributed by atoms with Gasteiger partial charge in [0.2, 0.25) is 5.91 Å². The van der Waals surface area contributed by atoms with Crippen LogP contribution in [-0.4, -0.2) is 30.9 Å². The number of likely N-dealkylation sites (N-methyl/N-ethyl adjacent to an activating group) is 1. The Morgan fingerprint density at radius 3 is 2.33 bits per heavy atom. The number of carbonyl (C=O) groups is 1. The standard InChI is InChI=1S/C11H15BrN2O/c1-8(11(15)14(2)3)13-10-6-4-9(12)5-7-10/h4-8,13H,1-3H3. The van der Waals surface area contributed by atoms with Crippen LogP contribution in [0.3, 0.4) is 0 Å². The van der Waals surface area contributed by atoms with Crippen LogP contribution in [0.15, 0.2) is 28.7 Å². The van der Waals surface area contributed by atoms with Gasteiger partial charge in [-0.2, -0.15) is 0 Å². The number of rotatable bonds is 3. The van der Waals surface area contributed by atoms with Gasteiger partial charge in [0.15, 0.2) is 0 Å². The van der Waals surface area contributed by atoms with Crippen LogP contribution in [0.2, 0.25) is 0 Å². The molecule has 0 aliphatic heterocycles. The number of benzene rings is 1. The molecule has 0 heterocycles. The monoisotopic (exact) mass is 270 g/mol. The summed E-state index contributed by atoms with van der Waals surface area (Å²) in [4.78, 5) is 13.1. The lowest BCUT2D eigenvalue weighted by Crippen LogP contribution is -2.36. The van der Waals surface area contributed by atoms with Crippen LogP contribution in [-0.2, 0) is 4.79 Å². The minimum absolute atomic E-state index is 0.0675. The van der Waals surface area contributed by atoms with E-state index in [1.165, 1.54) is 0 Å². The number of anilines is 1. The van der Waals surface area contributed by atoms with Gasteiger partial charge in [0.25, 0.3) is 0 Å². The first-order valence-corrected chi connectivity index (χ1v) is 5.53. The number of carbonyl (C=O) groups excluding carboxylic acids is 1. The Labute approximate surface area is 98.6 Å². The summed E-state index contributed by atoms with van der Waals surface area (Å²) in [6.07, 6.45) is 0. The third kappa shape index (κ3) is 3.55. The summed E-state index contributed by atoms with van der Waals surface area (Å²) in [5.41, 5.74) is 0.945. The Balaban J connectivity index is 2.62. The summed E-state index contributed by atoms with van der Waals surface area (Å²) in [7, 11) is 3.50. The zero-order chi connectivity index (χ0) is 11.4. The molecule has 0 aromatic heterocycles. The van der Waals surface area contributed by atoms with Gasteiger partial charge in [-0.3, -0.25) is 4.79 Å². The summed E-state index contributed by atoms with van der Waals surface area (Å²) in [6.45, 7) is 1.85. The Morgan fingerprint density at radius 2 is 1.87 bits per heavy atom. The maximum Gasteiger partial charge on any atom is 0.244 e. The lowest BCUT2D eigenvalue weighted by Gasteiger charge is -2.18. The second-order valence-corrected chi connectivity index (χ2v) is 4.52. The average Bonchev–Trinajstić information content (AvgIpc) is 2.20. The van der Waals surface area contributed by atoms with Gasteiger partial charge in [0.1, 0.15) is 6.04 Å². The zero-order valence-corrected chi connectivity index (χ0v) is 10.7. The number of halogens is 1. The van der Waals surface area contributed by atoms with E-state index in [4.69, 9.17) is 0 Å². The molecule has 15 heavy (non-hydrogen) atoms. The van der Waals surface area contributed by atoms with Crippen molar-refractivity contribution in [1.29, 1.82) is 0 Å². The highest BCUT2D eigenvalue weighted by Crippen LogP contribution is 2.15. The van der Waals surface area contributed by atoms with E-state index in [9.17, 15) is 4.79 Å². The molecule has 1 atom stereocenters. The topological polar surface area (TPSA) is 32.3 Å². The fourth-order valence-corrected chi connectivity index (χ4v) is 1.51. The minimum atomic E-state index is -0.207. The lowest BCUT2D eigenvalue weighted by atomic mass is 10.2. The minimum Gasteiger partial charge on any atom is -0.374 e. The van der Waals surface area contributed by atoms with Crippen molar-refractivity contribution in [3.63, 3.8) is 0 Å². The number of nitrogens with one attached hydrogen (secondary N) is 1. The predicted molar refractivity (Wildman–Crippen MR) is 65.9 cm³/mol. The average molecular weight is 271 g/mol. The van der Waals surface area contributed by atoms with Crippen molar-refractivity contribution >= 4 is 27.5 Å². The third-order valence-electron chi connectivity index (χ3n) is 2.04. The molecule has 0 spiro atoms. The van der Waals surface area contributed by atoms with Crippen LogP contribution in [0.4, 0.5) is 5.69 Å². The van der Waals surface area contributed by atoms with Gasteiger partial charge >= 0.3 is 0 Å². The smallest absolute Gasteiger partial charge is 0.244 e. The molecule has 1 unspecified atom stereocenters. The first-order chi connectivity index (χ1) is 7.00. The predicted octanol–water partition coefficient (Wildman–Crippen LogP) is 2.34. The molecule has 0 bridgehead atoms. The molecular weight excluding hydrogens is 256 g/mol. The quantitative estimate of drug-likeness (QED) is 0.915. The molecule has 4 heteroatoms. The Bertz CT molecular complexity index is 335. The first-order valence-electron chi connectivity index (χ1n) is 4.74. The lowest BCUT2D eigenvalue weighted by molar-refractivity contribution is -0.129. The van der Waals surface area contributed by atoms with Crippen molar-refractivity contribution in [2.75, 3.05) is 19.4 Å². The second kappa shape index (κ2) is 5.16. The highest BCUT2D eigenvalue weighted by molar-refractivity contribution is 9.10.